The topological polar surface area (TPSA) is 138 Å². The van der Waals surface area contributed by atoms with Gasteiger partial charge in [-0.3, -0.25) is 0 Å². The zero-order valence-corrected chi connectivity index (χ0v) is 29.9. The summed E-state index contributed by atoms with van der Waals surface area (Å²) in [5.74, 6) is -16.1. The highest BCUT2D eigenvalue weighted by molar-refractivity contribution is 6.00. The lowest BCUT2D eigenvalue weighted by atomic mass is 10.0. The van der Waals surface area contributed by atoms with Crippen molar-refractivity contribution in [3.8, 4) is 67.5 Å². The summed E-state index contributed by atoms with van der Waals surface area (Å²) < 4.78 is 121. The fourth-order valence-corrected chi connectivity index (χ4v) is 7.28. The molecule has 0 spiro atoms. The van der Waals surface area contributed by atoms with Crippen molar-refractivity contribution in [1.29, 1.82) is 0 Å². The number of hydrogen-bond donors (Lipinski definition) is 6. The van der Waals surface area contributed by atoms with Gasteiger partial charge < -0.3 is 30.4 Å². The first-order valence-corrected chi connectivity index (χ1v) is 17.6. The molecule has 298 valence electrons. The average Bonchev–Trinajstić information content (AvgIpc) is 4.08. The number of nitrogens with zero attached hydrogens (tertiary/aromatic N) is 2. The van der Waals surface area contributed by atoms with Gasteiger partial charge >= 0.3 is 0 Å². The summed E-state index contributed by atoms with van der Waals surface area (Å²) >= 11 is 0. The van der Waals surface area contributed by atoms with Gasteiger partial charge in [-0.15, -0.1) is 0 Å². The molecule has 7 aromatic rings. The van der Waals surface area contributed by atoms with Crippen LogP contribution < -0.4 is 0 Å². The summed E-state index contributed by atoms with van der Waals surface area (Å²) in [5, 5.41) is 41.4. The van der Waals surface area contributed by atoms with Gasteiger partial charge in [-0.25, -0.2) is 45.1 Å². The summed E-state index contributed by atoms with van der Waals surface area (Å²) in [6.07, 6.45) is 5.38. The molecule has 0 unspecified atom stereocenters. The van der Waals surface area contributed by atoms with Gasteiger partial charge in [-0.2, -0.15) is 0 Å². The minimum Gasteiger partial charge on any atom is -0.503 e. The standard InChI is InChI=1S/C44H22F8N4O4/c45-21-5-1-17(37(49)41(21)57)33-25-9-11-27(53-25)34(18-2-6-22(46)42(58)38(18)50)29-13-15-31(55-29)36(20-4-8-24(48)44(60)40(20)52)32-16-14-30(56-32)35(28-12-10-26(33)54-28)19-3-7-23(47)43(59)39(19)51/h1-16,53-54,57-60H. The van der Waals surface area contributed by atoms with E-state index in [0.29, 0.717) is 0 Å². The maximum absolute atomic E-state index is 15.9. The highest BCUT2D eigenvalue weighted by Gasteiger charge is 2.26. The third kappa shape index (κ3) is 5.82. The van der Waals surface area contributed by atoms with Gasteiger partial charge in [0.1, 0.15) is 0 Å². The van der Waals surface area contributed by atoms with E-state index in [1.807, 2.05) is 0 Å². The van der Waals surface area contributed by atoms with Crippen LogP contribution in [0.5, 0.6) is 23.0 Å². The molecule has 0 atom stereocenters. The summed E-state index contributed by atoms with van der Waals surface area (Å²) in [6, 6.07) is 12.8. The molecule has 9 rings (SSSR count). The van der Waals surface area contributed by atoms with Gasteiger partial charge in [0.15, 0.2) is 69.5 Å². The number of phenols is 4. The molecule has 3 aromatic heterocycles. The minimum absolute atomic E-state index is 0.0136. The molecule has 2 aliphatic rings. The molecule has 8 bridgehead atoms. The second kappa shape index (κ2) is 13.9. The largest absolute Gasteiger partial charge is 0.503 e. The number of H-pyrrole nitrogens is 2. The summed E-state index contributed by atoms with van der Waals surface area (Å²) in [7, 11) is 0. The first kappa shape index (κ1) is 37.7. The second-order valence-corrected chi connectivity index (χ2v) is 13.5. The number of halogens is 8. The fraction of sp³-hybridized carbons (Fsp3) is 0. The molecule has 5 heterocycles. The molecule has 6 N–H and O–H groups in total. The van der Waals surface area contributed by atoms with Gasteiger partial charge in [0.2, 0.25) is 0 Å². The number of hydrogen-bond acceptors (Lipinski definition) is 6. The number of aromatic hydroxyl groups is 4. The third-order valence-electron chi connectivity index (χ3n) is 10.1. The highest BCUT2D eigenvalue weighted by atomic mass is 19.2. The van der Waals surface area contributed by atoms with Crippen LogP contribution >= 0.6 is 0 Å². The monoisotopic (exact) mass is 822 g/mol. The van der Waals surface area contributed by atoms with E-state index in [1.54, 1.807) is 0 Å². The number of benzene rings is 4. The number of aromatic amines is 2. The van der Waals surface area contributed by atoms with E-state index < -0.39 is 86.2 Å². The average molecular weight is 823 g/mol. The van der Waals surface area contributed by atoms with Crippen molar-refractivity contribution in [1.82, 2.24) is 19.9 Å². The Hall–Kier alpha value is -7.88. The highest BCUT2D eigenvalue weighted by Crippen LogP contribution is 2.43. The second-order valence-electron chi connectivity index (χ2n) is 13.5. The molecule has 4 aromatic carbocycles. The number of rotatable bonds is 4. The molecular weight excluding hydrogens is 800 g/mol. The van der Waals surface area contributed by atoms with Crippen LogP contribution in [0.4, 0.5) is 35.1 Å². The molecule has 60 heavy (non-hydrogen) atoms. The molecule has 2 aliphatic heterocycles. The lowest BCUT2D eigenvalue weighted by molar-refractivity contribution is 0.397. The van der Waals surface area contributed by atoms with E-state index in [1.165, 1.54) is 48.6 Å². The Kier molecular flexibility index (Phi) is 8.73. The Labute approximate surface area is 331 Å². The predicted molar refractivity (Wildman–Crippen MR) is 207 cm³/mol. The Bertz CT molecular complexity index is 3110. The van der Waals surface area contributed by atoms with Crippen LogP contribution in [-0.4, -0.2) is 40.4 Å². The lowest BCUT2D eigenvalue weighted by Gasteiger charge is -2.10. The van der Waals surface area contributed by atoms with Gasteiger partial charge in [-0.1, -0.05) is 0 Å². The van der Waals surface area contributed by atoms with E-state index in [0.717, 1.165) is 48.5 Å². The van der Waals surface area contributed by atoms with Crippen molar-refractivity contribution >= 4 is 46.4 Å². The van der Waals surface area contributed by atoms with Crippen LogP contribution in [0, 0.1) is 46.5 Å². The quantitative estimate of drug-likeness (QED) is 0.0978. The Balaban J connectivity index is 1.53. The molecule has 0 aliphatic carbocycles. The molecule has 16 heteroatoms. The van der Waals surface area contributed by atoms with Crippen molar-refractivity contribution in [2.75, 3.05) is 0 Å². The van der Waals surface area contributed by atoms with Crippen LogP contribution in [0.1, 0.15) is 22.8 Å². The molecular formula is C44H22F8N4O4. The summed E-state index contributed by atoms with van der Waals surface area (Å²) in [4.78, 5) is 15.3. The molecule has 8 nitrogen and oxygen atoms in total. The van der Waals surface area contributed by atoms with Gasteiger partial charge in [-0.05, 0) is 97.1 Å². The fourth-order valence-electron chi connectivity index (χ4n) is 7.28. The Morgan fingerprint density at radius 2 is 0.567 bits per heavy atom. The first-order valence-electron chi connectivity index (χ1n) is 17.6. The maximum Gasteiger partial charge on any atom is 0.188 e. The van der Waals surface area contributed by atoms with Crippen LogP contribution in [0.3, 0.4) is 0 Å². The van der Waals surface area contributed by atoms with Crippen molar-refractivity contribution in [3.63, 3.8) is 0 Å². The van der Waals surface area contributed by atoms with Gasteiger partial charge in [0.25, 0.3) is 0 Å². The Morgan fingerprint density at radius 3 is 0.883 bits per heavy atom. The summed E-state index contributed by atoms with van der Waals surface area (Å²) in [5.41, 5.74) is -2.37. The molecule has 0 radical (unpaired) electrons. The van der Waals surface area contributed by atoms with Crippen molar-refractivity contribution in [3.05, 3.63) is 142 Å². The van der Waals surface area contributed by atoms with E-state index in [-0.39, 0.29) is 72.7 Å². The normalized spacial score (nSPS) is 12.1. The number of phenolic OH excluding ortho intramolecular Hbond substituents is 4. The summed E-state index contributed by atoms with van der Waals surface area (Å²) in [6.45, 7) is 0. The van der Waals surface area contributed by atoms with Crippen molar-refractivity contribution in [2.24, 2.45) is 0 Å². The molecule has 0 saturated carbocycles. The van der Waals surface area contributed by atoms with E-state index in [9.17, 15) is 38.0 Å². The lowest BCUT2D eigenvalue weighted by Crippen LogP contribution is -1.96. The van der Waals surface area contributed by atoms with Crippen LogP contribution in [-0.2, 0) is 0 Å². The van der Waals surface area contributed by atoms with Crippen LogP contribution in [0.2, 0.25) is 0 Å². The van der Waals surface area contributed by atoms with E-state index in [4.69, 9.17) is 0 Å². The minimum atomic E-state index is -1.42. The predicted octanol–water partition coefficient (Wildman–Crippen LogP) is 11.3. The Morgan fingerprint density at radius 1 is 0.317 bits per heavy atom. The molecule has 0 amide bonds. The van der Waals surface area contributed by atoms with Crippen LogP contribution in [0.25, 0.3) is 90.9 Å². The van der Waals surface area contributed by atoms with Crippen molar-refractivity contribution < 1.29 is 55.5 Å². The zero-order chi connectivity index (χ0) is 42.3. The van der Waals surface area contributed by atoms with Gasteiger partial charge in [0, 0.05) is 66.6 Å². The molecule has 0 saturated heterocycles. The van der Waals surface area contributed by atoms with Crippen LogP contribution in [0.15, 0.2) is 72.8 Å². The van der Waals surface area contributed by atoms with E-state index in [2.05, 4.69) is 19.9 Å². The van der Waals surface area contributed by atoms with Gasteiger partial charge in [0.05, 0.1) is 22.8 Å². The first-order chi connectivity index (χ1) is 28.7. The number of aromatic nitrogens is 4. The number of fused-ring (bicyclic) bond motifs is 8. The molecule has 0 fully saturated rings. The zero-order valence-electron chi connectivity index (χ0n) is 29.9. The maximum atomic E-state index is 15.9. The smallest absolute Gasteiger partial charge is 0.188 e. The number of nitrogens with one attached hydrogen (secondary N) is 2. The third-order valence-corrected chi connectivity index (χ3v) is 10.1. The van der Waals surface area contributed by atoms with E-state index >= 15 is 17.6 Å². The van der Waals surface area contributed by atoms with Crippen molar-refractivity contribution in [2.45, 2.75) is 0 Å². The SMILES string of the molecule is Oc1c(F)ccc(-c2c3nc(c(-c4ccc(F)c(O)c4F)c4ccc([nH]4)c(-c4ccc(F)c(O)c4F)c4ccc([nH]4)c(-c4ccc(F)c(O)c4F)c4nc2C=C4)C=C3)c1F.